The average Bonchev–Trinajstić information content (AvgIpc) is 3.35. The van der Waals surface area contributed by atoms with Gasteiger partial charge in [-0.1, -0.05) is 30.0 Å². The van der Waals surface area contributed by atoms with Crippen LogP contribution in [0.15, 0.2) is 89.1 Å². The first-order valence-corrected chi connectivity index (χ1v) is 12.3. The van der Waals surface area contributed by atoms with Crippen molar-refractivity contribution in [3.05, 3.63) is 84.4 Å². The van der Waals surface area contributed by atoms with Crippen LogP contribution in [0, 0.1) is 0 Å². The molecular weight excluding hydrogens is 490 g/mol. The number of esters is 1. The summed E-state index contributed by atoms with van der Waals surface area (Å²) in [6.07, 6.45) is 0. The molecule has 0 aliphatic rings. The summed E-state index contributed by atoms with van der Waals surface area (Å²) in [5.74, 6) is 1.27. The zero-order valence-electron chi connectivity index (χ0n) is 20.5. The van der Waals surface area contributed by atoms with E-state index >= 15 is 0 Å². The fourth-order valence-electron chi connectivity index (χ4n) is 3.40. The SMILES string of the molecule is COc1ccc(-c2nnc(SCC(=O)N/N=C(\C)c3ccc(OC(C)=O)cc3)n2-c2ccccc2)cc1. The summed E-state index contributed by atoms with van der Waals surface area (Å²) < 4.78 is 12.2. The van der Waals surface area contributed by atoms with Gasteiger partial charge >= 0.3 is 5.97 Å². The molecule has 1 N–H and O–H groups in total. The number of benzene rings is 3. The zero-order chi connectivity index (χ0) is 26.2. The number of amides is 1. The molecule has 1 amide bonds. The van der Waals surface area contributed by atoms with Gasteiger partial charge in [0.25, 0.3) is 5.91 Å². The van der Waals surface area contributed by atoms with Gasteiger partial charge in [0.05, 0.1) is 18.6 Å². The second-order valence-electron chi connectivity index (χ2n) is 7.84. The van der Waals surface area contributed by atoms with E-state index in [9.17, 15) is 9.59 Å². The third kappa shape index (κ3) is 6.62. The predicted molar refractivity (Wildman–Crippen MR) is 142 cm³/mol. The molecule has 0 saturated heterocycles. The molecular formula is C27H25N5O4S. The maximum Gasteiger partial charge on any atom is 0.308 e. The molecule has 1 aromatic heterocycles. The number of nitrogens with one attached hydrogen (secondary N) is 1. The number of ether oxygens (including phenoxy) is 2. The summed E-state index contributed by atoms with van der Waals surface area (Å²) >= 11 is 1.26. The van der Waals surface area contributed by atoms with E-state index in [-0.39, 0.29) is 17.6 Å². The van der Waals surface area contributed by atoms with Crippen LogP contribution in [0.25, 0.3) is 17.1 Å². The van der Waals surface area contributed by atoms with Crippen LogP contribution in [0.2, 0.25) is 0 Å². The number of methoxy groups -OCH3 is 1. The molecule has 0 aliphatic carbocycles. The first kappa shape index (κ1) is 25.6. The Morgan fingerprint density at radius 1 is 0.919 bits per heavy atom. The van der Waals surface area contributed by atoms with Crippen molar-refractivity contribution in [3.63, 3.8) is 0 Å². The highest BCUT2D eigenvalue weighted by Gasteiger charge is 2.17. The van der Waals surface area contributed by atoms with E-state index < -0.39 is 0 Å². The highest BCUT2D eigenvalue weighted by molar-refractivity contribution is 7.99. The summed E-state index contributed by atoms with van der Waals surface area (Å²) in [4.78, 5) is 23.6. The maximum absolute atomic E-state index is 12.6. The molecule has 37 heavy (non-hydrogen) atoms. The van der Waals surface area contributed by atoms with E-state index in [1.807, 2.05) is 59.2 Å². The van der Waals surface area contributed by atoms with Gasteiger partial charge in [-0.15, -0.1) is 10.2 Å². The largest absolute Gasteiger partial charge is 0.497 e. The number of thioether (sulfide) groups is 1. The van der Waals surface area contributed by atoms with Crippen LogP contribution in [0.1, 0.15) is 19.4 Å². The van der Waals surface area contributed by atoms with E-state index in [0.717, 1.165) is 22.6 Å². The lowest BCUT2D eigenvalue weighted by Gasteiger charge is -2.10. The number of aromatic nitrogens is 3. The molecule has 9 nitrogen and oxygen atoms in total. The quantitative estimate of drug-likeness (QED) is 0.115. The molecule has 4 aromatic rings. The van der Waals surface area contributed by atoms with Gasteiger partial charge in [0.15, 0.2) is 11.0 Å². The van der Waals surface area contributed by atoms with Gasteiger partial charge in [-0.05, 0) is 73.2 Å². The van der Waals surface area contributed by atoms with Crippen LogP contribution in [0.4, 0.5) is 0 Å². The van der Waals surface area contributed by atoms with E-state index in [2.05, 4.69) is 20.7 Å². The number of rotatable bonds is 9. The molecule has 0 radical (unpaired) electrons. The average molecular weight is 516 g/mol. The van der Waals surface area contributed by atoms with Gasteiger partial charge < -0.3 is 9.47 Å². The third-order valence-corrected chi connectivity index (χ3v) is 6.14. The minimum absolute atomic E-state index is 0.0930. The first-order valence-electron chi connectivity index (χ1n) is 11.3. The number of nitrogens with zero attached hydrogens (tertiary/aromatic N) is 4. The van der Waals surface area contributed by atoms with Gasteiger partial charge in [-0.25, -0.2) is 5.43 Å². The van der Waals surface area contributed by atoms with E-state index in [1.165, 1.54) is 18.7 Å². The van der Waals surface area contributed by atoms with Crippen molar-refractivity contribution in [1.82, 2.24) is 20.2 Å². The Kier molecular flexibility index (Phi) is 8.32. The number of carbonyl (C=O) groups excluding carboxylic acids is 2. The molecule has 10 heteroatoms. The molecule has 3 aromatic carbocycles. The summed E-state index contributed by atoms with van der Waals surface area (Å²) in [6, 6.07) is 24.2. The Balaban J connectivity index is 1.46. The van der Waals surface area contributed by atoms with Gasteiger partial charge in [0.1, 0.15) is 11.5 Å². The molecule has 0 bridgehead atoms. The highest BCUT2D eigenvalue weighted by Crippen LogP contribution is 2.29. The van der Waals surface area contributed by atoms with Crippen molar-refractivity contribution in [2.45, 2.75) is 19.0 Å². The summed E-state index contributed by atoms with van der Waals surface area (Å²) in [5.41, 5.74) is 5.73. The van der Waals surface area contributed by atoms with E-state index in [1.54, 1.807) is 38.3 Å². The lowest BCUT2D eigenvalue weighted by molar-refractivity contribution is -0.131. The Hall–Kier alpha value is -4.44. The molecule has 0 spiro atoms. The topological polar surface area (TPSA) is 108 Å². The van der Waals surface area contributed by atoms with Crippen molar-refractivity contribution in [1.29, 1.82) is 0 Å². The van der Waals surface area contributed by atoms with Gasteiger partial charge in [0, 0.05) is 18.2 Å². The van der Waals surface area contributed by atoms with Crippen LogP contribution < -0.4 is 14.9 Å². The van der Waals surface area contributed by atoms with Crippen LogP contribution in [0.3, 0.4) is 0 Å². The summed E-state index contributed by atoms with van der Waals surface area (Å²) in [5, 5.41) is 13.5. The van der Waals surface area contributed by atoms with Crippen molar-refractivity contribution in [2.24, 2.45) is 5.10 Å². The van der Waals surface area contributed by atoms with Crippen LogP contribution >= 0.6 is 11.8 Å². The van der Waals surface area contributed by atoms with Crippen molar-refractivity contribution in [2.75, 3.05) is 12.9 Å². The Morgan fingerprint density at radius 3 is 2.24 bits per heavy atom. The molecule has 188 valence electrons. The van der Waals surface area contributed by atoms with Crippen molar-refractivity contribution >= 4 is 29.4 Å². The summed E-state index contributed by atoms with van der Waals surface area (Å²) in [7, 11) is 1.62. The number of hydrogen-bond acceptors (Lipinski definition) is 8. The number of hydrazone groups is 1. The minimum atomic E-state index is -0.387. The molecule has 0 fully saturated rings. The Labute approximate surface area is 218 Å². The lowest BCUT2D eigenvalue weighted by Crippen LogP contribution is -2.21. The molecule has 0 atom stereocenters. The second-order valence-corrected chi connectivity index (χ2v) is 8.79. The normalized spacial score (nSPS) is 11.2. The minimum Gasteiger partial charge on any atom is -0.497 e. The first-order chi connectivity index (χ1) is 17.9. The van der Waals surface area contributed by atoms with Crippen LogP contribution in [-0.4, -0.2) is 45.2 Å². The lowest BCUT2D eigenvalue weighted by atomic mass is 10.1. The smallest absolute Gasteiger partial charge is 0.308 e. The second kappa shape index (κ2) is 12.0. The fraction of sp³-hybridized carbons (Fsp3) is 0.148. The zero-order valence-corrected chi connectivity index (χ0v) is 21.4. The summed E-state index contributed by atoms with van der Waals surface area (Å²) in [6.45, 7) is 3.12. The number of hydrogen-bond donors (Lipinski definition) is 1. The highest BCUT2D eigenvalue weighted by atomic mass is 32.2. The predicted octanol–water partition coefficient (Wildman–Crippen LogP) is 4.50. The standard InChI is InChI=1S/C27H25N5O4S/c1-18(20-9-15-24(16-10-20)36-19(2)33)28-29-25(34)17-37-27-31-30-26(21-11-13-23(35-3)14-12-21)32(27)22-7-5-4-6-8-22/h4-16H,17H2,1-3H3,(H,29,34)/b28-18+. The van der Waals surface area contributed by atoms with Gasteiger partial charge in [0.2, 0.25) is 0 Å². The molecule has 0 aliphatic heterocycles. The maximum atomic E-state index is 12.6. The van der Waals surface area contributed by atoms with Crippen molar-refractivity contribution in [3.8, 4) is 28.6 Å². The fourth-order valence-corrected chi connectivity index (χ4v) is 4.15. The molecule has 0 saturated carbocycles. The molecule has 1 heterocycles. The van der Waals surface area contributed by atoms with Gasteiger partial charge in [-0.2, -0.15) is 5.10 Å². The van der Waals surface area contributed by atoms with Gasteiger partial charge in [-0.3, -0.25) is 14.2 Å². The third-order valence-electron chi connectivity index (χ3n) is 5.21. The number of carbonyl (C=O) groups is 2. The van der Waals surface area contributed by atoms with Crippen LogP contribution in [-0.2, 0) is 9.59 Å². The van der Waals surface area contributed by atoms with Crippen LogP contribution in [0.5, 0.6) is 11.5 Å². The Morgan fingerprint density at radius 2 is 1.59 bits per heavy atom. The number of para-hydroxylation sites is 1. The van der Waals surface area contributed by atoms with E-state index in [0.29, 0.717) is 22.4 Å². The van der Waals surface area contributed by atoms with E-state index in [4.69, 9.17) is 9.47 Å². The van der Waals surface area contributed by atoms with Crippen molar-refractivity contribution < 1.29 is 19.1 Å². The Bertz CT molecular complexity index is 1400. The molecule has 4 rings (SSSR count). The molecule has 0 unspecified atom stereocenters. The monoisotopic (exact) mass is 515 g/mol.